The van der Waals surface area contributed by atoms with Gasteiger partial charge in [0.05, 0.1) is 16.7 Å². The van der Waals surface area contributed by atoms with Gasteiger partial charge in [-0.05, 0) is 103 Å². The van der Waals surface area contributed by atoms with E-state index >= 15 is 0 Å². The van der Waals surface area contributed by atoms with Crippen LogP contribution in [0.15, 0.2) is 189 Å². The van der Waals surface area contributed by atoms with Crippen LogP contribution in [0.1, 0.15) is 0 Å². The Morgan fingerprint density at radius 1 is 0.333 bits per heavy atom. The highest BCUT2D eigenvalue weighted by Crippen LogP contribution is 2.43. The summed E-state index contributed by atoms with van der Waals surface area (Å²) in [6.45, 7) is 0. The number of pyridine rings is 2. The zero-order valence-electron chi connectivity index (χ0n) is 27.7. The fourth-order valence-electron chi connectivity index (χ4n) is 7.75. The van der Waals surface area contributed by atoms with Crippen LogP contribution in [0.3, 0.4) is 0 Å². The van der Waals surface area contributed by atoms with Gasteiger partial charge in [0.25, 0.3) is 0 Å². The van der Waals surface area contributed by atoms with Gasteiger partial charge in [0.1, 0.15) is 0 Å². The van der Waals surface area contributed by atoms with Gasteiger partial charge >= 0.3 is 0 Å². The second-order valence-corrected chi connectivity index (χ2v) is 13.1. The maximum atomic E-state index is 4.20. The van der Waals surface area contributed by atoms with Crippen molar-refractivity contribution in [1.82, 2.24) is 14.5 Å². The van der Waals surface area contributed by atoms with Gasteiger partial charge in [-0.1, -0.05) is 121 Å². The Morgan fingerprint density at radius 3 is 1.51 bits per heavy atom. The van der Waals surface area contributed by atoms with Crippen LogP contribution >= 0.6 is 0 Å². The van der Waals surface area contributed by atoms with Crippen molar-refractivity contribution in [2.24, 2.45) is 0 Å². The SMILES string of the molecule is c1ccc2c(-n3c4cc(-c5ccc(-c6ccncc6)cc5)ccc4c4c5ccccc5c(-c5ccc(-c6ccncc6)cc5)cc43)cccc2c1. The van der Waals surface area contributed by atoms with Crippen LogP contribution in [0.4, 0.5) is 0 Å². The lowest BCUT2D eigenvalue weighted by Gasteiger charge is -2.14. The maximum Gasteiger partial charge on any atom is 0.0553 e. The number of hydrogen-bond acceptors (Lipinski definition) is 2. The minimum atomic E-state index is 1.16. The summed E-state index contributed by atoms with van der Waals surface area (Å²) in [7, 11) is 0. The van der Waals surface area contributed by atoms with Crippen LogP contribution in [0.25, 0.3) is 93.5 Å². The van der Waals surface area contributed by atoms with Crippen molar-refractivity contribution >= 4 is 43.4 Å². The van der Waals surface area contributed by atoms with E-state index in [1.807, 2.05) is 24.8 Å². The van der Waals surface area contributed by atoms with Gasteiger partial charge in [-0.2, -0.15) is 0 Å². The third-order valence-electron chi connectivity index (χ3n) is 10.2. The Kier molecular flexibility index (Phi) is 6.81. The van der Waals surface area contributed by atoms with Crippen LogP contribution < -0.4 is 0 Å². The minimum absolute atomic E-state index is 1.16. The molecule has 3 nitrogen and oxygen atoms in total. The quantitative estimate of drug-likeness (QED) is 0.186. The fourth-order valence-corrected chi connectivity index (χ4v) is 7.75. The Bertz CT molecular complexity index is 2870. The van der Waals surface area contributed by atoms with E-state index in [-0.39, 0.29) is 0 Å². The monoisotopic (exact) mass is 649 g/mol. The molecule has 0 aliphatic heterocycles. The van der Waals surface area contributed by atoms with E-state index in [4.69, 9.17) is 0 Å². The third kappa shape index (κ3) is 4.90. The number of aromatic nitrogens is 3. The molecule has 0 saturated carbocycles. The van der Waals surface area contributed by atoms with E-state index in [9.17, 15) is 0 Å². The third-order valence-corrected chi connectivity index (χ3v) is 10.2. The normalized spacial score (nSPS) is 11.5. The van der Waals surface area contributed by atoms with E-state index in [2.05, 4.69) is 178 Å². The molecule has 0 aliphatic rings. The van der Waals surface area contributed by atoms with E-state index in [0.717, 1.165) is 11.1 Å². The molecule has 10 aromatic rings. The van der Waals surface area contributed by atoms with Crippen molar-refractivity contribution in [2.75, 3.05) is 0 Å². The largest absolute Gasteiger partial charge is 0.309 e. The Morgan fingerprint density at radius 2 is 0.843 bits per heavy atom. The van der Waals surface area contributed by atoms with Crippen molar-refractivity contribution in [3.05, 3.63) is 189 Å². The van der Waals surface area contributed by atoms with Crippen LogP contribution in [0.5, 0.6) is 0 Å². The van der Waals surface area contributed by atoms with Gasteiger partial charge in [-0.25, -0.2) is 0 Å². The predicted molar refractivity (Wildman–Crippen MR) is 213 cm³/mol. The molecule has 0 spiro atoms. The van der Waals surface area contributed by atoms with Crippen molar-refractivity contribution in [2.45, 2.75) is 0 Å². The van der Waals surface area contributed by atoms with Crippen LogP contribution in [0.2, 0.25) is 0 Å². The molecule has 51 heavy (non-hydrogen) atoms. The zero-order chi connectivity index (χ0) is 33.7. The van der Waals surface area contributed by atoms with Crippen molar-refractivity contribution < 1.29 is 0 Å². The zero-order valence-corrected chi connectivity index (χ0v) is 27.7. The van der Waals surface area contributed by atoms with Crippen LogP contribution in [0, 0.1) is 0 Å². The second kappa shape index (κ2) is 11.9. The molecule has 0 unspecified atom stereocenters. The lowest BCUT2D eigenvalue weighted by molar-refractivity contribution is 1.20. The van der Waals surface area contributed by atoms with Gasteiger partial charge in [0.15, 0.2) is 0 Å². The van der Waals surface area contributed by atoms with Crippen LogP contribution in [-0.2, 0) is 0 Å². The summed E-state index contributed by atoms with van der Waals surface area (Å²) in [5.41, 5.74) is 13.0. The molecule has 0 N–H and O–H groups in total. The first-order valence-electron chi connectivity index (χ1n) is 17.3. The summed E-state index contributed by atoms with van der Waals surface area (Å²) >= 11 is 0. The summed E-state index contributed by atoms with van der Waals surface area (Å²) in [5, 5.41) is 7.45. The van der Waals surface area contributed by atoms with Gasteiger partial charge in [0, 0.05) is 40.9 Å². The summed E-state index contributed by atoms with van der Waals surface area (Å²) in [6.07, 6.45) is 7.38. The van der Waals surface area contributed by atoms with E-state index in [0.29, 0.717) is 0 Å². The van der Waals surface area contributed by atoms with Gasteiger partial charge in [-0.15, -0.1) is 0 Å². The molecular weight excluding hydrogens is 619 g/mol. The molecular formula is C48H31N3. The molecule has 0 saturated heterocycles. The molecule has 0 bridgehead atoms. The number of hydrogen-bond donors (Lipinski definition) is 0. The van der Waals surface area contributed by atoms with Crippen molar-refractivity contribution in [3.8, 4) is 50.2 Å². The Labute approximate surface area is 295 Å². The second-order valence-electron chi connectivity index (χ2n) is 13.1. The van der Waals surface area contributed by atoms with Gasteiger partial charge in [0.2, 0.25) is 0 Å². The first-order valence-corrected chi connectivity index (χ1v) is 17.3. The van der Waals surface area contributed by atoms with E-state index < -0.39 is 0 Å². The van der Waals surface area contributed by atoms with Gasteiger partial charge < -0.3 is 4.57 Å². The number of benzene rings is 7. The summed E-state index contributed by atoms with van der Waals surface area (Å²) < 4.78 is 2.49. The molecule has 0 aliphatic carbocycles. The van der Waals surface area contributed by atoms with Gasteiger partial charge in [-0.3, -0.25) is 9.97 Å². The molecule has 238 valence electrons. The lowest BCUT2D eigenvalue weighted by atomic mass is 9.93. The fraction of sp³-hybridized carbons (Fsp3) is 0. The molecule has 0 fully saturated rings. The maximum absolute atomic E-state index is 4.20. The standard InChI is InChI=1S/C48H31N3/c1-2-8-40-37(6-1)7-5-11-45(40)51-46-30-39(34-14-12-32(13-15-34)35-22-26-49-27-23-35)20-21-43(46)48-42-10-4-3-9-41(42)44(31-47(48)51)38-18-16-33(17-19-38)36-24-28-50-29-25-36/h1-31H. The topological polar surface area (TPSA) is 30.7 Å². The molecule has 0 amide bonds. The number of rotatable bonds is 5. The van der Waals surface area contributed by atoms with E-state index in [1.165, 1.54) is 82.4 Å². The lowest BCUT2D eigenvalue weighted by Crippen LogP contribution is -1.96. The predicted octanol–water partition coefficient (Wildman–Crippen LogP) is 12.5. The molecule has 0 atom stereocenters. The average molecular weight is 650 g/mol. The Balaban J connectivity index is 1.23. The minimum Gasteiger partial charge on any atom is -0.309 e. The number of nitrogens with zero attached hydrogens (tertiary/aromatic N) is 3. The number of fused-ring (bicyclic) bond motifs is 6. The Hall–Kier alpha value is -6.84. The summed E-state index contributed by atoms with van der Waals surface area (Å²) in [5.74, 6) is 0. The molecule has 0 radical (unpaired) electrons. The molecule has 3 aromatic heterocycles. The summed E-state index contributed by atoms with van der Waals surface area (Å²) in [4.78, 5) is 8.39. The molecule has 3 heteroatoms. The average Bonchev–Trinajstić information content (AvgIpc) is 3.54. The molecule has 3 heterocycles. The smallest absolute Gasteiger partial charge is 0.0553 e. The highest BCUT2D eigenvalue weighted by Gasteiger charge is 2.20. The highest BCUT2D eigenvalue weighted by atomic mass is 15.0. The molecule has 7 aromatic carbocycles. The first-order chi connectivity index (χ1) is 25.3. The molecule has 10 rings (SSSR count). The van der Waals surface area contributed by atoms with E-state index in [1.54, 1.807) is 0 Å². The summed E-state index contributed by atoms with van der Waals surface area (Å²) in [6, 6.07) is 59.6. The first kappa shape index (κ1) is 29.1. The van der Waals surface area contributed by atoms with Crippen LogP contribution in [-0.4, -0.2) is 14.5 Å². The van der Waals surface area contributed by atoms with Crippen molar-refractivity contribution in [1.29, 1.82) is 0 Å². The van der Waals surface area contributed by atoms with Crippen molar-refractivity contribution in [3.63, 3.8) is 0 Å². The highest BCUT2D eigenvalue weighted by molar-refractivity contribution is 6.25.